The fourth-order valence-electron chi connectivity index (χ4n) is 5.06. The summed E-state index contributed by atoms with van der Waals surface area (Å²) < 4.78 is 72.2. The van der Waals surface area contributed by atoms with Crippen molar-refractivity contribution in [2.75, 3.05) is 6.54 Å². The maximum Gasteiger partial charge on any atom is 0.406 e. The highest BCUT2D eigenvalue weighted by Crippen LogP contribution is 2.48. The third-order valence-corrected chi connectivity index (χ3v) is 7.64. The number of halogens is 5. The summed E-state index contributed by atoms with van der Waals surface area (Å²) in [5.74, 6) is -0.116. The quantitative estimate of drug-likeness (QED) is 0.295. The van der Waals surface area contributed by atoms with Crippen molar-refractivity contribution in [2.24, 2.45) is 5.92 Å². The van der Waals surface area contributed by atoms with E-state index in [2.05, 4.69) is 21.1 Å². The van der Waals surface area contributed by atoms with Crippen LogP contribution < -0.4 is 10.1 Å². The van der Waals surface area contributed by atoms with Crippen molar-refractivity contribution in [3.63, 3.8) is 0 Å². The number of aromatic nitrogens is 2. The minimum atomic E-state index is -4.27. The first-order chi connectivity index (χ1) is 19.0. The van der Waals surface area contributed by atoms with Crippen molar-refractivity contribution in [1.29, 1.82) is 5.26 Å². The number of rotatable bonds is 8. The van der Waals surface area contributed by atoms with E-state index in [-0.39, 0.29) is 31.1 Å². The van der Waals surface area contributed by atoms with Crippen LogP contribution in [0.1, 0.15) is 37.8 Å². The Morgan fingerprint density at radius 1 is 1.18 bits per heavy atom. The second-order valence-electron chi connectivity index (χ2n) is 10.1. The van der Waals surface area contributed by atoms with Crippen molar-refractivity contribution >= 4 is 16.6 Å². The maximum absolute atomic E-state index is 13.2. The van der Waals surface area contributed by atoms with E-state index >= 15 is 0 Å². The summed E-state index contributed by atoms with van der Waals surface area (Å²) in [6.07, 6.45) is 5.52. The average molecular weight is 555 g/mol. The molecular weight excluding hydrogens is 527 g/mol. The first kappa shape index (κ1) is 27.6. The number of benzene rings is 1. The van der Waals surface area contributed by atoms with Crippen molar-refractivity contribution in [2.45, 2.75) is 51.4 Å². The number of hydrogen-bond donors (Lipinski definition) is 1. The molecule has 1 N–H and O–H groups in total. The molecule has 5 nitrogen and oxygen atoms in total. The molecule has 0 spiro atoms. The van der Waals surface area contributed by atoms with Gasteiger partial charge >= 0.3 is 12.8 Å². The molecule has 1 aromatic carbocycles. The zero-order valence-electron chi connectivity index (χ0n) is 21.9. The van der Waals surface area contributed by atoms with Gasteiger partial charge in [-0.05, 0) is 56.0 Å². The van der Waals surface area contributed by atoms with Crippen LogP contribution in [0.4, 0.5) is 22.0 Å². The SMILES string of the molecule is CC1=CC=CC=C(n2c(-c3ccc(CCNC4(C(F)(F)F)CC4)cn3)c(C#N)c3ccc(OC(F)F)cc32)C1C. The minimum Gasteiger partial charge on any atom is -0.435 e. The van der Waals surface area contributed by atoms with Gasteiger partial charge in [-0.2, -0.15) is 27.2 Å². The fraction of sp³-hybridized carbons (Fsp3) is 0.333. The maximum atomic E-state index is 13.2. The van der Waals surface area contributed by atoms with Crippen LogP contribution in [0.3, 0.4) is 0 Å². The summed E-state index contributed by atoms with van der Waals surface area (Å²) in [7, 11) is 0. The number of alkyl halides is 5. The Hall–Kier alpha value is -3.97. The van der Waals surface area contributed by atoms with Crippen LogP contribution in [0, 0.1) is 17.2 Å². The van der Waals surface area contributed by atoms with E-state index in [0.717, 1.165) is 16.8 Å². The second-order valence-corrected chi connectivity index (χ2v) is 10.1. The Morgan fingerprint density at radius 3 is 2.55 bits per heavy atom. The number of fused-ring (bicyclic) bond motifs is 1. The molecule has 0 bridgehead atoms. The van der Waals surface area contributed by atoms with Gasteiger partial charge in [0.05, 0.1) is 22.5 Å². The van der Waals surface area contributed by atoms with Crippen LogP contribution >= 0.6 is 0 Å². The first-order valence-electron chi connectivity index (χ1n) is 12.9. The normalized spacial score (nSPS) is 18.3. The number of allylic oxidation sites excluding steroid dienone is 6. The molecule has 2 aliphatic rings. The number of nitriles is 1. The molecule has 0 radical (unpaired) electrons. The average Bonchev–Trinajstić information content (AvgIpc) is 3.67. The first-order valence-corrected chi connectivity index (χ1v) is 12.9. The summed E-state index contributed by atoms with van der Waals surface area (Å²) >= 11 is 0. The van der Waals surface area contributed by atoms with Gasteiger partial charge in [0.15, 0.2) is 0 Å². The molecule has 1 unspecified atom stereocenters. The molecule has 0 aliphatic heterocycles. The lowest BCUT2D eigenvalue weighted by atomic mass is 9.98. The highest BCUT2D eigenvalue weighted by atomic mass is 19.4. The Morgan fingerprint density at radius 2 is 1.93 bits per heavy atom. The third kappa shape index (κ3) is 5.13. The smallest absolute Gasteiger partial charge is 0.406 e. The van der Waals surface area contributed by atoms with E-state index < -0.39 is 18.3 Å². The van der Waals surface area contributed by atoms with Crippen molar-refractivity contribution in [3.8, 4) is 23.2 Å². The summed E-state index contributed by atoms with van der Waals surface area (Å²) in [5.41, 5.74) is 2.65. The summed E-state index contributed by atoms with van der Waals surface area (Å²) in [6, 6.07) is 10.2. The number of hydrogen-bond acceptors (Lipinski definition) is 4. The molecule has 2 heterocycles. The van der Waals surface area contributed by atoms with Crippen LogP contribution in [0.5, 0.6) is 5.75 Å². The van der Waals surface area contributed by atoms with Crippen LogP contribution in [0.25, 0.3) is 28.0 Å². The molecule has 10 heteroatoms. The Kier molecular flexibility index (Phi) is 7.27. The Bertz CT molecular complexity index is 1550. The van der Waals surface area contributed by atoms with Crippen LogP contribution in [0.2, 0.25) is 0 Å². The fourth-order valence-corrected chi connectivity index (χ4v) is 5.06. The highest BCUT2D eigenvalue weighted by molar-refractivity contribution is 5.98. The van der Waals surface area contributed by atoms with Crippen LogP contribution in [-0.4, -0.2) is 34.4 Å². The third-order valence-electron chi connectivity index (χ3n) is 7.64. The number of ether oxygens (including phenoxy) is 1. The summed E-state index contributed by atoms with van der Waals surface area (Å²) in [6.45, 7) is 1.15. The van der Waals surface area contributed by atoms with Crippen molar-refractivity contribution < 1.29 is 26.7 Å². The van der Waals surface area contributed by atoms with E-state index in [9.17, 15) is 27.2 Å². The Balaban J connectivity index is 1.56. The van der Waals surface area contributed by atoms with Gasteiger partial charge < -0.3 is 14.6 Å². The molecule has 40 heavy (non-hydrogen) atoms. The summed E-state index contributed by atoms with van der Waals surface area (Å²) in [4.78, 5) is 4.59. The van der Waals surface area contributed by atoms with E-state index in [1.54, 1.807) is 24.4 Å². The highest BCUT2D eigenvalue weighted by Gasteiger charge is 2.62. The molecule has 2 aliphatic carbocycles. The molecule has 208 valence electrons. The summed E-state index contributed by atoms with van der Waals surface area (Å²) in [5, 5.41) is 13.4. The zero-order chi connectivity index (χ0) is 28.7. The van der Waals surface area contributed by atoms with Gasteiger partial charge in [-0.3, -0.25) is 4.98 Å². The van der Waals surface area contributed by atoms with Gasteiger partial charge in [-0.1, -0.05) is 36.8 Å². The van der Waals surface area contributed by atoms with Gasteiger partial charge in [0, 0.05) is 35.8 Å². The van der Waals surface area contributed by atoms with Crippen molar-refractivity contribution in [3.05, 3.63) is 77.5 Å². The lowest BCUT2D eigenvalue weighted by molar-refractivity contribution is -0.165. The van der Waals surface area contributed by atoms with Gasteiger partial charge in [0.1, 0.15) is 17.4 Å². The molecule has 0 saturated heterocycles. The lowest BCUT2D eigenvalue weighted by Gasteiger charge is -2.21. The van der Waals surface area contributed by atoms with Gasteiger partial charge in [-0.25, -0.2) is 0 Å². The monoisotopic (exact) mass is 554 g/mol. The minimum absolute atomic E-state index is 0.0370. The standard InChI is InChI=1S/C30H27F5N4O/c1-18-5-3-4-6-25(19(18)2)39-26-15-21(40-28(31)32)8-9-22(26)23(16-36)27(39)24-10-7-20(17-37-24)11-14-38-29(12-13-29)30(33,34)35/h3-10,15,17,19,28,38H,11-14H2,1-2H3. The molecule has 5 rings (SSSR count). The lowest BCUT2D eigenvalue weighted by Crippen LogP contribution is -2.45. The molecule has 1 atom stereocenters. The number of pyridine rings is 1. The number of nitrogens with one attached hydrogen (secondary N) is 1. The van der Waals surface area contributed by atoms with E-state index in [1.807, 2.05) is 42.7 Å². The second kappa shape index (κ2) is 10.5. The predicted octanol–water partition coefficient (Wildman–Crippen LogP) is 7.40. The van der Waals surface area contributed by atoms with Crippen LogP contribution in [-0.2, 0) is 6.42 Å². The molecule has 1 saturated carbocycles. The molecular formula is C30H27F5N4O. The van der Waals surface area contributed by atoms with Gasteiger partial charge in [0.2, 0.25) is 0 Å². The molecule has 3 aromatic rings. The Labute approximate surface area is 228 Å². The van der Waals surface area contributed by atoms with E-state index in [4.69, 9.17) is 0 Å². The zero-order valence-corrected chi connectivity index (χ0v) is 21.9. The molecule has 0 amide bonds. The predicted molar refractivity (Wildman–Crippen MR) is 143 cm³/mol. The number of nitrogens with zero attached hydrogens (tertiary/aromatic N) is 3. The van der Waals surface area contributed by atoms with Gasteiger partial charge in [-0.15, -0.1) is 0 Å². The van der Waals surface area contributed by atoms with E-state index in [0.29, 0.717) is 34.3 Å². The van der Waals surface area contributed by atoms with Gasteiger partial charge in [0.25, 0.3) is 0 Å². The van der Waals surface area contributed by atoms with Crippen LogP contribution in [0.15, 0.2) is 66.4 Å². The van der Waals surface area contributed by atoms with Crippen molar-refractivity contribution in [1.82, 2.24) is 14.9 Å². The molecule has 2 aromatic heterocycles. The topological polar surface area (TPSA) is 62.9 Å². The van der Waals surface area contributed by atoms with E-state index in [1.165, 1.54) is 12.1 Å². The molecule has 1 fully saturated rings. The largest absolute Gasteiger partial charge is 0.435 e.